The highest BCUT2D eigenvalue weighted by atomic mass is 16.3. The molecule has 0 spiro atoms. The Morgan fingerprint density at radius 1 is 0.447 bits per heavy atom. The number of hydrogen-bond donors (Lipinski definition) is 0. The van der Waals surface area contributed by atoms with Gasteiger partial charge in [-0.2, -0.15) is 0 Å². The number of anilines is 3. The Morgan fingerprint density at radius 2 is 1.11 bits per heavy atom. The van der Waals surface area contributed by atoms with E-state index in [0.717, 1.165) is 55.7 Å². The Labute approximate surface area is 275 Å². The van der Waals surface area contributed by atoms with Crippen molar-refractivity contribution < 1.29 is 4.42 Å². The van der Waals surface area contributed by atoms with Gasteiger partial charge < -0.3 is 9.32 Å². The summed E-state index contributed by atoms with van der Waals surface area (Å²) in [5.74, 6) is 0. The minimum absolute atomic E-state index is 0.112. The molecule has 1 aromatic heterocycles. The second kappa shape index (κ2) is 10.6. The Bertz CT molecular complexity index is 2440. The number of furan rings is 1. The lowest BCUT2D eigenvalue weighted by molar-refractivity contribution is 0.660. The van der Waals surface area contributed by atoms with Gasteiger partial charge in [0.1, 0.15) is 11.2 Å². The lowest BCUT2D eigenvalue weighted by Gasteiger charge is -2.30. The molecule has 47 heavy (non-hydrogen) atoms. The van der Waals surface area contributed by atoms with Gasteiger partial charge in [-0.05, 0) is 69.8 Å². The van der Waals surface area contributed by atoms with Gasteiger partial charge in [0.25, 0.3) is 0 Å². The molecule has 0 N–H and O–H groups in total. The number of hydrogen-bond acceptors (Lipinski definition) is 2. The molecule has 0 saturated heterocycles. The van der Waals surface area contributed by atoms with Gasteiger partial charge in [-0.25, -0.2) is 0 Å². The van der Waals surface area contributed by atoms with Crippen molar-refractivity contribution in [1.29, 1.82) is 0 Å². The second-order valence-electron chi connectivity index (χ2n) is 12.9. The third-order valence-corrected chi connectivity index (χ3v) is 9.88. The maximum atomic E-state index is 6.60. The van der Waals surface area contributed by atoms with Crippen molar-refractivity contribution in [2.45, 2.75) is 19.3 Å². The van der Waals surface area contributed by atoms with Crippen LogP contribution < -0.4 is 4.90 Å². The quantitative estimate of drug-likeness (QED) is 0.195. The Kier molecular flexibility index (Phi) is 6.20. The molecular weight excluding hydrogens is 571 g/mol. The first-order valence-corrected chi connectivity index (χ1v) is 16.3. The minimum Gasteiger partial charge on any atom is -0.455 e. The van der Waals surface area contributed by atoms with Crippen LogP contribution in [0, 0.1) is 0 Å². The van der Waals surface area contributed by atoms with Crippen LogP contribution in [0.1, 0.15) is 25.0 Å². The predicted octanol–water partition coefficient (Wildman–Crippen LogP) is 12.7. The van der Waals surface area contributed by atoms with Crippen molar-refractivity contribution in [2.75, 3.05) is 4.90 Å². The number of benzene rings is 7. The van der Waals surface area contributed by atoms with E-state index in [1.165, 1.54) is 27.8 Å². The summed E-state index contributed by atoms with van der Waals surface area (Å²) in [6.07, 6.45) is 0. The number of fused-ring (bicyclic) bond motifs is 6. The van der Waals surface area contributed by atoms with E-state index >= 15 is 0 Å². The van der Waals surface area contributed by atoms with Crippen LogP contribution in [0.15, 0.2) is 168 Å². The molecule has 9 rings (SSSR count). The zero-order chi connectivity index (χ0) is 31.5. The predicted molar refractivity (Wildman–Crippen MR) is 197 cm³/mol. The maximum Gasteiger partial charge on any atom is 0.143 e. The van der Waals surface area contributed by atoms with Crippen molar-refractivity contribution in [1.82, 2.24) is 0 Å². The Balaban J connectivity index is 1.33. The van der Waals surface area contributed by atoms with Gasteiger partial charge in [0.2, 0.25) is 0 Å². The lowest BCUT2D eigenvalue weighted by Crippen LogP contribution is -2.17. The number of para-hydroxylation sites is 3. The normalized spacial score (nSPS) is 13.1. The molecule has 1 aliphatic carbocycles. The Hall–Kier alpha value is -5.86. The largest absolute Gasteiger partial charge is 0.455 e. The highest BCUT2D eigenvalue weighted by molar-refractivity contribution is 6.11. The van der Waals surface area contributed by atoms with E-state index in [9.17, 15) is 0 Å². The topological polar surface area (TPSA) is 16.4 Å². The molecule has 0 amide bonds. The SMILES string of the molecule is CC1(C)c2ccccc2-c2ccc(N(c3ccccc3)c3cc(-c4ccccc4)ccc3-c3cccc4c3oc3ccccc34)cc21. The molecular formula is C45H33NO. The Morgan fingerprint density at radius 3 is 1.96 bits per heavy atom. The van der Waals surface area contributed by atoms with Crippen LogP contribution in [-0.4, -0.2) is 0 Å². The molecule has 8 aromatic rings. The van der Waals surface area contributed by atoms with Crippen LogP contribution in [0.2, 0.25) is 0 Å². The van der Waals surface area contributed by atoms with Gasteiger partial charge >= 0.3 is 0 Å². The lowest BCUT2D eigenvalue weighted by atomic mass is 9.82. The van der Waals surface area contributed by atoms with E-state index < -0.39 is 0 Å². The van der Waals surface area contributed by atoms with E-state index in [1.807, 2.05) is 6.07 Å². The molecule has 0 bridgehead atoms. The van der Waals surface area contributed by atoms with Gasteiger partial charge in [-0.15, -0.1) is 0 Å². The zero-order valence-electron chi connectivity index (χ0n) is 26.4. The molecule has 7 aromatic carbocycles. The van der Waals surface area contributed by atoms with Gasteiger partial charge in [0.05, 0.1) is 5.69 Å². The average molecular weight is 604 g/mol. The number of rotatable bonds is 5. The minimum atomic E-state index is -0.112. The maximum absolute atomic E-state index is 6.60. The summed E-state index contributed by atoms with van der Waals surface area (Å²) in [6.45, 7) is 4.69. The van der Waals surface area contributed by atoms with E-state index in [0.29, 0.717) is 0 Å². The van der Waals surface area contributed by atoms with Crippen LogP contribution in [0.4, 0.5) is 17.1 Å². The van der Waals surface area contributed by atoms with Crippen molar-refractivity contribution in [3.8, 4) is 33.4 Å². The van der Waals surface area contributed by atoms with Crippen molar-refractivity contribution in [3.63, 3.8) is 0 Å². The fourth-order valence-electron chi connectivity index (χ4n) is 7.55. The molecule has 0 radical (unpaired) electrons. The molecule has 1 heterocycles. The smallest absolute Gasteiger partial charge is 0.143 e. The van der Waals surface area contributed by atoms with Crippen LogP contribution in [-0.2, 0) is 5.41 Å². The van der Waals surface area contributed by atoms with Crippen molar-refractivity contribution in [3.05, 3.63) is 175 Å². The summed E-state index contributed by atoms with van der Waals surface area (Å²) in [4.78, 5) is 2.42. The molecule has 1 aliphatic rings. The third-order valence-electron chi connectivity index (χ3n) is 9.88. The molecule has 224 valence electrons. The molecule has 0 saturated carbocycles. The summed E-state index contributed by atoms with van der Waals surface area (Å²) < 4.78 is 6.60. The average Bonchev–Trinajstić information content (AvgIpc) is 3.62. The van der Waals surface area contributed by atoms with E-state index in [2.05, 4.69) is 176 Å². The van der Waals surface area contributed by atoms with Crippen LogP contribution in [0.3, 0.4) is 0 Å². The van der Waals surface area contributed by atoms with Crippen LogP contribution in [0.25, 0.3) is 55.3 Å². The summed E-state index contributed by atoms with van der Waals surface area (Å²) in [5, 5.41) is 2.26. The number of nitrogens with zero attached hydrogens (tertiary/aromatic N) is 1. The van der Waals surface area contributed by atoms with Gasteiger partial charge in [-0.1, -0.05) is 141 Å². The van der Waals surface area contributed by atoms with E-state index in [4.69, 9.17) is 4.42 Å². The fraction of sp³-hybridized carbons (Fsp3) is 0.0667. The first-order valence-electron chi connectivity index (χ1n) is 16.3. The summed E-state index contributed by atoms with van der Waals surface area (Å²) in [6, 6.07) is 58.9. The molecule has 0 fully saturated rings. The van der Waals surface area contributed by atoms with E-state index in [1.54, 1.807) is 0 Å². The van der Waals surface area contributed by atoms with E-state index in [-0.39, 0.29) is 5.41 Å². The van der Waals surface area contributed by atoms with Crippen molar-refractivity contribution >= 4 is 39.0 Å². The third kappa shape index (κ3) is 4.33. The standard InChI is InChI=1S/C45H33NO/c1-45(2)40-22-11-9-18-34(40)35-27-25-33(29-41(35)45)46(32-16-7-4-8-17-32)42-28-31(30-14-5-3-6-15-30)24-26-36(42)38-20-13-21-39-37-19-10-12-23-43(37)47-44(38)39/h3-29H,1-2H3. The summed E-state index contributed by atoms with van der Waals surface area (Å²) in [5.41, 5.74) is 14.9. The van der Waals surface area contributed by atoms with Crippen LogP contribution >= 0.6 is 0 Å². The van der Waals surface area contributed by atoms with Gasteiger partial charge in [0.15, 0.2) is 0 Å². The highest BCUT2D eigenvalue weighted by Gasteiger charge is 2.36. The summed E-state index contributed by atoms with van der Waals surface area (Å²) in [7, 11) is 0. The van der Waals surface area contributed by atoms with Gasteiger partial charge in [-0.3, -0.25) is 0 Å². The second-order valence-corrected chi connectivity index (χ2v) is 12.9. The van der Waals surface area contributed by atoms with Crippen LogP contribution in [0.5, 0.6) is 0 Å². The first-order chi connectivity index (χ1) is 23.1. The fourth-order valence-corrected chi connectivity index (χ4v) is 7.55. The molecule has 0 aliphatic heterocycles. The molecule has 0 atom stereocenters. The molecule has 2 heteroatoms. The summed E-state index contributed by atoms with van der Waals surface area (Å²) >= 11 is 0. The van der Waals surface area contributed by atoms with Gasteiger partial charge in [0, 0.05) is 38.7 Å². The molecule has 0 unspecified atom stereocenters. The monoisotopic (exact) mass is 603 g/mol. The first kappa shape index (κ1) is 27.5. The van der Waals surface area contributed by atoms with Crippen molar-refractivity contribution in [2.24, 2.45) is 0 Å². The zero-order valence-corrected chi connectivity index (χ0v) is 26.4. The molecule has 2 nitrogen and oxygen atoms in total. The highest BCUT2D eigenvalue weighted by Crippen LogP contribution is 2.52.